The Morgan fingerprint density at radius 3 is 2.69 bits per heavy atom. The van der Waals surface area contributed by atoms with Crippen LogP contribution in [0.4, 0.5) is 10.2 Å². The van der Waals surface area contributed by atoms with E-state index in [2.05, 4.69) is 25.8 Å². The third-order valence-corrected chi connectivity index (χ3v) is 4.77. The summed E-state index contributed by atoms with van der Waals surface area (Å²) < 4.78 is 23.9. The molecule has 0 saturated heterocycles. The number of hydrogen-bond donors (Lipinski definition) is 3. The topological polar surface area (TPSA) is 124 Å². The lowest BCUT2D eigenvalue weighted by Crippen LogP contribution is -2.39. The SMILES string of the molecule is COCCOCC(C)(C)N=C(NC(=O)c1cccc(C#N)c1)Nc1cc(-c2ccc(F)cc2)[nH]n1. The lowest BCUT2D eigenvalue weighted by atomic mass is 10.1. The first-order valence-electron chi connectivity index (χ1n) is 10.9. The molecule has 1 aromatic heterocycles. The summed E-state index contributed by atoms with van der Waals surface area (Å²) in [5, 5.41) is 22.0. The molecule has 0 aliphatic heterocycles. The standard InChI is InChI=1S/C25H27FN6O3/c1-25(2,16-35-12-11-34-3)30-24(29-23(33)19-6-4-5-17(13-19)15-27)28-22-14-21(31-32-22)18-7-9-20(26)10-8-18/h4-10,13-14H,11-12,16H2,1-3H3,(H3,28,29,30,31,32,33). The van der Waals surface area contributed by atoms with Crippen LogP contribution in [0, 0.1) is 17.1 Å². The van der Waals surface area contributed by atoms with E-state index in [0.29, 0.717) is 35.9 Å². The molecule has 0 spiro atoms. The van der Waals surface area contributed by atoms with Crippen LogP contribution >= 0.6 is 0 Å². The van der Waals surface area contributed by atoms with Gasteiger partial charge in [0, 0.05) is 18.7 Å². The molecule has 10 heteroatoms. The van der Waals surface area contributed by atoms with E-state index >= 15 is 0 Å². The minimum absolute atomic E-state index is 0.148. The molecular weight excluding hydrogens is 451 g/mol. The van der Waals surface area contributed by atoms with E-state index in [1.807, 2.05) is 19.9 Å². The molecule has 0 aliphatic carbocycles. The van der Waals surface area contributed by atoms with Crippen LogP contribution in [-0.4, -0.2) is 54.5 Å². The fourth-order valence-electron chi connectivity index (χ4n) is 3.08. The molecule has 3 rings (SSSR count). The molecule has 9 nitrogen and oxygen atoms in total. The first-order valence-corrected chi connectivity index (χ1v) is 10.9. The number of carbonyl (C=O) groups excluding carboxylic acids is 1. The van der Waals surface area contributed by atoms with E-state index in [9.17, 15) is 9.18 Å². The summed E-state index contributed by atoms with van der Waals surface area (Å²) in [6, 6.07) is 16.1. The number of aromatic amines is 1. The first kappa shape index (κ1) is 25.6. The Hall–Kier alpha value is -4.07. The highest BCUT2D eigenvalue weighted by Crippen LogP contribution is 2.20. The van der Waals surface area contributed by atoms with Gasteiger partial charge in [-0.1, -0.05) is 6.07 Å². The maximum atomic E-state index is 13.2. The number of benzene rings is 2. The van der Waals surface area contributed by atoms with Crippen LogP contribution in [0.1, 0.15) is 29.8 Å². The van der Waals surface area contributed by atoms with Crippen LogP contribution in [0.2, 0.25) is 0 Å². The van der Waals surface area contributed by atoms with Crippen molar-refractivity contribution in [2.24, 2.45) is 4.99 Å². The molecule has 3 aromatic rings. The average Bonchev–Trinajstić information content (AvgIpc) is 3.30. The Bertz CT molecular complexity index is 1210. The molecule has 0 atom stereocenters. The van der Waals surface area contributed by atoms with Gasteiger partial charge < -0.3 is 14.8 Å². The van der Waals surface area contributed by atoms with Gasteiger partial charge in [-0.3, -0.25) is 15.2 Å². The largest absolute Gasteiger partial charge is 0.382 e. The van der Waals surface area contributed by atoms with Gasteiger partial charge in [0.15, 0.2) is 5.82 Å². The molecular formula is C25H27FN6O3. The van der Waals surface area contributed by atoms with Gasteiger partial charge in [0.05, 0.1) is 42.7 Å². The summed E-state index contributed by atoms with van der Waals surface area (Å²) in [5.74, 6) is -0.238. The number of guanidine groups is 1. The Morgan fingerprint density at radius 1 is 1.20 bits per heavy atom. The lowest BCUT2D eigenvalue weighted by molar-refractivity contribution is 0.0507. The molecule has 0 saturated carbocycles. The number of amides is 1. The average molecular weight is 479 g/mol. The Morgan fingerprint density at radius 2 is 1.97 bits per heavy atom. The zero-order valence-corrected chi connectivity index (χ0v) is 19.8. The van der Waals surface area contributed by atoms with Crippen molar-refractivity contribution in [3.8, 4) is 17.3 Å². The number of methoxy groups -OCH3 is 1. The maximum absolute atomic E-state index is 13.2. The van der Waals surface area contributed by atoms with E-state index in [1.165, 1.54) is 18.2 Å². The van der Waals surface area contributed by atoms with E-state index in [4.69, 9.17) is 14.7 Å². The molecule has 0 fully saturated rings. The summed E-state index contributed by atoms with van der Waals surface area (Å²) in [6.07, 6.45) is 0. The van der Waals surface area contributed by atoms with Gasteiger partial charge in [-0.25, -0.2) is 9.38 Å². The molecule has 1 heterocycles. The van der Waals surface area contributed by atoms with Crippen LogP contribution < -0.4 is 10.6 Å². The number of nitrogens with one attached hydrogen (secondary N) is 3. The number of carbonyl (C=O) groups is 1. The van der Waals surface area contributed by atoms with Gasteiger partial charge in [0.2, 0.25) is 5.96 Å². The van der Waals surface area contributed by atoms with Crippen molar-refractivity contribution in [2.45, 2.75) is 19.4 Å². The monoisotopic (exact) mass is 478 g/mol. The minimum Gasteiger partial charge on any atom is -0.382 e. The Kier molecular flexibility index (Phi) is 8.67. The van der Waals surface area contributed by atoms with Gasteiger partial charge in [-0.2, -0.15) is 10.4 Å². The van der Waals surface area contributed by atoms with Gasteiger partial charge >= 0.3 is 0 Å². The fourth-order valence-corrected chi connectivity index (χ4v) is 3.08. The third-order valence-electron chi connectivity index (χ3n) is 4.77. The second-order valence-corrected chi connectivity index (χ2v) is 8.26. The zero-order chi connectivity index (χ0) is 25.3. The van der Waals surface area contributed by atoms with Crippen molar-refractivity contribution in [1.82, 2.24) is 15.5 Å². The quantitative estimate of drug-likeness (QED) is 0.245. The number of aromatic nitrogens is 2. The summed E-state index contributed by atoms with van der Waals surface area (Å²) in [7, 11) is 1.59. The van der Waals surface area contributed by atoms with E-state index in [1.54, 1.807) is 43.5 Å². The second kappa shape index (κ2) is 11.9. The number of H-pyrrole nitrogens is 1. The number of nitrogens with zero attached hydrogens (tertiary/aromatic N) is 3. The third kappa shape index (κ3) is 7.74. The molecule has 2 aromatic carbocycles. The summed E-state index contributed by atoms with van der Waals surface area (Å²) in [4.78, 5) is 17.5. The lowest BCUT2D eigenvalue weighted by Gasteiger charge is -2.22. The van der Waals surface area contributed by atoms with Crippen molar-refractivity contribution in [3.63, 3.8) is 0 Å². The second-order valence-electron chi connectivity index (χ2n) is 8.26. The number of hydrogen-bond acceptors (Lipinski definition) is 6. The predicted molar refractivity (Wildman–Crippen MR) is 130 cm³/mol. The zero-order valence-electron chi connectivity index (χ0n) is 19.8. The van der Waals surface area contributed by atoms with Crippen molar-refractivity contribution >= 4 is 17.7 Å². The minimum atomic E-state index is -0.700. The number of nitriles is 1. The molecule has 3 N–H and O–H groups in total. The van der Waals surface area contributed by atoms with Gasteiger partial charge in [0.25, 0.3) is 5.91 Å². The van der Waals surface area contributed by atoms with Crippen LogP contribution in [0.25, 0.3) is 11.3 Å². The first-order chi connectivity index (χ1) is 16.8. The van der Waals surface area contributed by atoms with Crippen molar-refractivity contribution in [3.05, 3.63) is 71.5 Å². The Labute approximate surface area is 203 Å². The van der Waals surface area contributed by atoms with E-state index in [-0.39, 0.29) is 18.4 Å². The number of ether oxygens (including phenoxy) is 2. The fraction of sp³-hybridized carbons (Fsp3) is 0.280. The highest BCUT2D eigenvalue weighted by Gasteiger charge is 2.20. The normalized spacial score (nSPS) is 11.7. The van der Waals surface area contributed by atoms with Crippen molar-refractivity contribution in [1.29, 1.82) is 5.26 Å². The molecule has 35 heavy (non-hydrogen) atoms. The van der Waals surface area contributed by atoms with Gasteiger partial charge in [-0.15, -0.1) is 0 Å². The molecule has 0 radical (unpaired) electrons. The van der Waals surface area contributed by atoms with Crippen LogP contribution in [0.15, 0.2) is 59.6 Å². The van der Waals surface area contributed by atoms with Crippen molar-refractivity contribution in [2.75, 3.05) is 32.2 Å². The van der Waals surface area contributed by atoms with Gasteiger partial charge in [0.1, 0.15) is 5.82 Å². The molecule has 0 bridgehead atoms. The summed E-state index contributed by atoms with van der Waals surface area (Å²) >= 11 is 0. The molecule has 182 valence electrons. The van der Waals surface area contributed by atoms with Crippen LogP contribution in [-0.2, 0) is 9.47 Å². The number of halogens is 1. The number of anilines is 1. The number of rotatable bonds is 9. The molecule has 0 aliphatic rings. The smallest absolute Gasteiger partial charge is 0.258 e. The van der Waals surface area contributed by atoms with E-state index < -0.39 is 11.4 Å². The van der Waals surface area contributed by atoms with E-state index in [0.717, 1.165) is 5.56 Å². The molecule has 0 unspecified atom stereocenters. The number of aliphatic imine (C=N–C) groups is 1. The Balaban J connectivity index is 1.82. The maximum Gasteiger partial charge on any atom is 0.258 e. The summed E-state index contributed by atoms with van der Waals surface area (Å²) in [5.41, 5.74) is 1.37. The summed E-state index contributed by atoms with van der Waals surface area (Å²) in [6.45, 7) is 4.86. The highest BCUT2D eigenvalue weighted by atomic mass is 19.1. The van der Waals surface area contributed by atoms with Gasteiger partial charge in [-0.05, 0) is 61.9 Å². The van der Waals surface area contributed by atoms with Crippen LogP contribution in [0.5, 0.6) is 0 Å². The highest BCUT2D eigenvalue weighted by molar-refractivity contribution is 6.10. The van der Waals surface area contributed by atoms with Crippen LogP contribution in [0.3, 0.4) is 0 Å². The predicted octanol–water partition coefficient (Wildman–Crippen LogP) is 3.73. The molecule has 1 amide bonds. The van der Waals surface area contributed by atoms with Crippen molar-refractivity contribution < 1.29 is 18.7 Å².